The lowest BCUT2D eigenvalue weighted by Crippen LogP contribution is -2.43. The van der Waals surface area contributed by atoms with Gasteiger partial charge in [0.1, 0.15) is 5.75 Å². The second kappa shape index (κ2) is 8.71. The summed E-state index contributed by atoms with van der Waals surface area (Å²) in [6, 6.07) is 16.1. The van der Waals surface area contributed by atoms with Crippen molar-refractivity contribution in [2.75, 3.05) is 6.54 Å². The van der Waals surface area contributed by atoms with Crippen molar-refractivity contribution in [3.05, 3.63) is 54.1 Å². The Labute approximate surface area is 168 Å². The Kier molecular flexibility index (Phi) is 5.88. The average Bonchev–Trinajstić information content (AvgIpc) is 3.12. The largest absolute Gasteiger partial charge is 0.481 e. The standard InChI is InChI=1S/C22H24N2O3S/c25-21(26)17-5-1-2-6-18(17)23-14-13-15-9-11-16(12-10-15)27-22-24-19-7-3-4-8-20(19)28-22/h3-4,7-12,17-18,23H,1-2,5-6,13-14H2,(H,25,26)/t17?,18-/m1/s1. The molecule has 0 radical (unpaired) electrons. The molecular formula is C22H24N2O3S. The van der Waals surface area contributed by atoms with Crippen LogP contribution >= 0.6 is 11.3 Å². The van der Waals surface area contributed by atoms with Crippen molar-refractivity contribution in [2.45, 2.75) is 38.1 Å². The second-order valence-electron chi connectivity index (χ2n) is 7.23. The lowest BCUT2D eigenvalue weighted by Gasteiger charge is -2.29. The van der Waals surface area contributed by atoms with Crippen molar-refractivity contribution in [2.24, 2.45) is 5.92 Å². The number of ether oxygens (including phenoxy) is 1. The quantitative estimate of drug-likeness (QED) is 0.596. The molecule has 1 unspecified atom stereocenters. The number of carboxylic acid groups (broad SMARTS) is 1. The van der Waals surface area contributed by atoms with E-state index in [1.165, 1.54) is 16.9 Å². The predicted molar refractivity (Wildman–Crippen MR) is 111 cm³/mol. The molecule has 0 bridgehead atoms. The first-order chi connectivity index (χ1) is 13.7. The molecule has 1 aliphatic carbocycles. The van der Waals surface area contributed by atoms with E-state index in [1.807, 2.05) is 36.4 Å². The summed E-state index contributed by atoms with van der Waals surface area (Å²) in [6.07, 6.45) is 4.73. The summed E-state index contributed by atoms with van der Waals surface area (Å²) in [5.74, 6) is -0.152. The van der Waals surface area contributed by atoms with Crippen molar-refractivity contribution < 1.29 is 14.6 Å². The molecule has 3 aromatic rings. The third-order valence-corrected chi connectivity index (χ3v) is 6.22. The Morgan fingerprint density at radius 3 is 2.71 bits per heavy atom. The Bertz CT molecular complexity index is 905. The highest BCUT2D eigenvalue weighted by molar-refractivity contribution is 7.20. The van der Waals surface area contributed by atoms with E-state index in [2.05, 4.69) is 22.4 Å². The Morgan fingerprint density at radius 2 is 1.93 bits per heavy atom. The van der Waals surface area contributed by atoms with Crippen molar-refractivity contribution in [3.8, 4) is 10.9 Å². The molecule has 0 aliphatic heterocycles. The van der Waals surface area contributed by atoms with Crippen LogP contribution in [0.2, 0.25) is 0 Å². The first-order valence-corrected chi connectivity index (χ1v) is 10.6. The fraction of sp³-hybridized carbons (Fsp3) is 0.364. The molecule has 0 spiro atoms. The SMILES string of the molecule is O=C(O)C1CCCC[C@H]1NCCc1ccc(Oc2nc3ccccc3s2)cc1. The van der Waals surface area contributed by atoms with Gasteiger partial charge in [0.05, 0.1) is 16.1 Å². The number of thiazole rings is 1. The van der Waals surface area contributed by atoms with Gasteiger partial charge < -0.3 is 15.2 Å². The molecule has 1 fully saturated rings. The summed E-state index contributed by atoms with van der Waals surface area (Å²) in [4.78, 5) is 15.9. The molecule has 1 aromatic heterocycles. The smallest absolute Gasteiger partial charge is 0.308 e. The molecule has 4 rings (SSSR count). The van der Waals surface area contributed by atoms with E-state index in [-0.39, 0.29) is 12.0 Å². The number of carboxylic acids is 1. The highest BCUT2D eigenvalue weighted by atomic mass is 32.1. The van der Waals surface area contributed by atoms with Gasteiger partial charge in [-0.3, -0.25) is 4.79 Å². The molecule has 5 nitrogen and oxygen atoms in total. The Hall–Kier alpha value is -2.44. The second-order valence-corrected chi connectivity index (χ2v) is 8.23. The van der Waals surface area contributed by atoms with E-state index in [1.54, 1.807) is 0 Å². The lowest BCUT2D eigenvalue weighted by molar-refractivity contribution is -0.143. The van der Waals surface area contributed by atoms with E-state index < -0.39 is 5.97 Å². The van der Waals surface area contributed by atoms with Crippen LogP contribution in [0.5, 0.6) is 10.9 Å². The van der Waals surface area contributed by atoms with Crippen LogP contribution < -0.4 is 10.1 Å². The van der Waals surface area contributed by atoms with E-state index >= 15 is 0 Å². The topological polar surface area (TPSA) is 71.5 Å². The maximum atomic E-state index is 11.4. The third-order valence-electron chi connectivity index (χ3n) is 5.31. The number of carbonyl (C=O) groups is 1. The summed E-state index contributed by atoms with van der Waals surface area (Å²) in [5.41, 5.74) is 2.15. The number of hydrogen-bond donors (Lipinski definition) is 2. The van der Waals surface area contributed by atoms with Gasteiger partial charge in [0.15, 0.2) is 0 Å². The van der Waals surface area contributed by atoms with Gasteiger partial charge in [0, 0.05) is 6.04 Å². The molecule has 1 aliphatic rings. The predicted octanol–water partition coefficient (Wildman–Crippen LogP) is 4.86. The zero-order valence-corrected chi connectivity index (χ0v) is 16.5. The molecule has 1 heterocycles. The third kappa shape index (κ3) is 4.51. The van der Waals surface area contributed by atoms with Crippen molar-refractivity contribution in [3.63, 3.8) is 0 Å². The summed E-state index contributed by atoms with van der Waals surface area (Å²) in [7, 11) is 0. The maximum Gasteiger partial charge on any atom is 0.308 e. The van der Waals surface area contributed by atoms with Gasteiger partial charge in [0.25, 0.3) is 5.19 Å². The molecule has 28 heavy (non-hydrogen) atoms. The number of aromatic nitrogens is 1. The van der Waals surface area contributed by atoms with Crippen LogP contribution in [-0.2, 0) is 11.2 Å². The monoisotopic (exact) mass is 396 g/mol. The van der Waals surface area contributed by atoms with Gasteiger partial charge in [-0.25, -0.2) is 4.98 Å². The number of nitrogens with zero attached hydrogens (tertiary/aromatic N) is 1. The molecule has 1 saturated carbocycles. The summed E-state index contributed by atoms with van der Waals surface area (Å²) < 4.78 is 7.00. The van der Waals surface area contributed by atoms with Crippen molar-refractivity contribution in [1.82, 2.24) is 10.3 Å². The number of benzene rings is 2. The van der Waals surface area contributed by atoms with E-state index in [4.69, 9.17) is 4.74 Å². The molecule has 2 atom stereocenters. The zero-order chi connectivity index (χ0) is 19.3. The van der Waals surface area contributed by atoms with Crippen LogP contribution in [-0.4, -0.2) is 28.6 Å². The highest BCUT2D eigenvalue weighted by Gasteiger charge is 2.30. The number of rotatable bonds is 7. The van der Waals surface area contributed by atoms with E-state index in [9.17, 15) is 9.90 Å². The maximum absolute atomic E-state index is 11.4. The molecule has 0 amide bonds. The first kappa shape index (κ1) is 18.9. The van der Waals surface area contributed by atoms with Crippen LogP contribution in [0.1, 0.15) is 31.2 Å². The zero-order valence-electron chi connectivity index (χ0n) is 15.6. The molecule has 0 saturated heterocycles. The van der Waals surface area contributed by atoms with E-state index in [0.29, 0.717) is 5.19 Å². The number of nitrogens with one attached hydrogen (secondary N) is 1. The molecule has 6 heteroatoms. The van der Waals surface area contributed by atoms with Crippen molar-refractivity contribution in [1.29, 1.82) is 0 Å². The Morgan fingerprint density at radius 1 is 1.14 bits per heavy atom. The lowest BCUT2D eigenvalue weighted by atomic mass is 9.84. The number of fused-ring (bicyclic) bond motifs is 1. The molecule has 146 valence electrons. The van der Waals surface area contributed by atoms with Crippen LogP contribution in [0.3, 0.4) is 0 Å². The minimum Gasteiger partial charge on any atom is -0.481 e. The fourth-order valence-corrected chi connectivity index (χ4v) is 4.63. The summed E-state index contributed by atoms with van der Waals surface area (Å²) >= 11 is 1.54. The highest BCUT2D eigenvalue weighted by Crippen LogP contribution is 2.31. The van der Waals surface area contributed by atoms with Crippen LogP contribution in [0.25, 0.3) is 10.2 Å². The fourth-order valence-electron chi connectivity index (χ4n) is 3.79. The van der Waals surface area contributed by atoms with Crippen molar-refractivity contribution >= 4 is 27.5 Å². The first-order valence-electron chi connectivity index (χ1n) is 9.77. The van der Waals surface area contributed by atoms with E-state index in [0.717, 1.165) is 54.6 Å². The number of aliphatic carboxylic acids is 1. The van der Waals surface area contributed by atoms with Gasteiger partial charge in [-0.2, -0.15) is 0 Å². The minimum atomic E-state index is -0.673. The summed E-state index contributed by atoms with van der Waals surface area (Å²) in [5, 5.41) is 13.5. The summed E-state index contributed by atoms with van der Waals surface area (Å²) in [6.45, 7) is 0.784. The van der Waals surface area contributed by atoms with Gasteiger partial charge >= 0.3 is 5.97 Å². The molecular weight excluding hydrogens is 372 g/mol. The van der Waals surface area contributed by atoms with Crippen LogP contribution in [0.15, 0.2) is 48.5 Å². The number of para-hydroxylation sites is 1. The van der Waals surface area contributed by atoms with Gasteiger partial charge in [0.2, 0.25) is 0 Å². The van der Waals surface area contributed by atoms with Gasteiger partial charge in [-0.05, 0) is 55.6 Å². The van der Waals surface area contributed by atoms with Crippen LogP contribution in [0, 0.1) is 5.92 Å². The Balaban J connectivity index is 1.30. The normalized spacial score (nSPS) is 19.6. The molecule has 2 N–H and O–H groups in total. The average molecular weight is 397 g/mol. The van der Waals surface area contributed by atoms with Gasteiger partial charge in [-0.1, -0.05) is 48.4 Å². The number of hydrogen-bond acceptors (Lipinski definition) is 5. The molecule has 2 aromatic carbocycles. The van der Waals surface area contributed by atoms with Crippen LogP contribution in [0.4, 0.5) is 0 Å². The minimum absolute atomic E-state index is 0.0906. The van der Waals surface area contributed by atoms with Gasteiger partial charge in [-0.15, -0.1) is 0 Å².